The number of unbranched alkanes of at least 4 members (excludes halogenated alkanes) is 3. The zero-order valence-corrected chi connectivity index (χ0v) is 16.2. The molecule has 4 heteroatoms. The fraction of sp³-hybridized carbons (Fsp3) is 0.650. The van der Waals surface area contributed by atoms with Gasteiger partial charge in [-0.05, 0) is 39.5 Å². The number of carboxylic acids is 1. The van der Waals surface area contributed by atoms with Gasteiger partial charge >= 0.3 is 5.97 Å². The Balaban J connectivity index is -0.000000116. The zero-order chi connectivity index (χ0) is 19.8. The summed E-state index contributed by atoms with van der Waals surface area (Å²) in [4.78, 5) is 9.60. The van der Waals surface area contributed by atoms with Gasteiger partial charge in [0.05, 0.1) is 12.2 Å². The molecule has 0 unspecified atom stereocenters. The molecule has 0 heterocycles. The van der Waals surface area contributed by atoms with Crippen LogP contribution in [0, 0.1) is 0 Å². The molecule has 4 nitrogen and oxygen atoms in total. The topological polar surface area (TPSA) is 77.8 Å². The molecule has 0 aliphatic rings. The third-order valence-corrected chi connectivity index (χ3v) is 2.44. The quantitative estimate of drug-likeness (QED) is 0.401. The van der Waals surface area contributed by atoms with Crippen LogP contribution in [0.1, 0.15) is 72.6 Å². The van der Waals surface area contributed by atoms with Crippen LogP contribution in [0.3, 0.4) is 0 Å². The maximum Gasteiger partial charge on any atom is 0.303 e. The molecule has 3 N–H and O–H groups in total. The molecule has 0 aromatic heterocycles. The van der Waals surface area contributed by atoms with Crippen molar-refractivity contribution in [2.75, 3.05) is 0 Å². The lowest BCUT2D eigenvalue weighted by Crippen LogP contribution is -2.21. The van der Waals surface area contributed by atoms with Gasteiger partial charge in [-0.1, -0.05) is 44.9 Å². The highest BCUT2D eigenvalue weighted by atomic mass is 16.4. The van der Waals surface area contributed by atoms with E-state index in [1.54, 1.807) is 19.1 Å². The molecule has 0 radical (unpaired) electrons. The summed E-state index contributed by atoms with van der Waals surface area (Å²) in [5.74, 6) is -0.711. The van der Waals surface area contributed by atoms with Crippen LogP contribution in [-0.4, -0.2) is 33.5 Å². The second-order valence-electron chi connectivity index (χ2n) is 5.17. The van der Waals surface area contributed by atoms with E-state index in [9.17, 15) is 4.79 Å². The molecule has 2 atom stereocenters. The molecule has 0 aliphatic heterocycles. The van der Waals surface area contributed by atoms with Gasteiger partial charge in [0.2, 0.25) is 0 Å². The van der Waals surface area contributed by atoms with E-state index in [2.05, 4.69) is 26.7 Å². The van der Waals surface area contributed by atoms with E-state index in [1.807, 2.05) is 19.9 Å². The summed E-state index contributed by atoms with van der Waals surface area (Å²) in [5.41, 5.74) is 0. The molecule has 0 rings (SSSR count). The predicted molar refractivity (Wildman–Crippen MR) is 105 cm³/mol. The van der Waals surface area contributed by atoms with Crippen LogP contribution in [-0.2, 0) is 4.79 Å². The maximum atomic E-state index is 9.60. The van der Waals surface area contributed by atoms with Crippen LogP contribution in [0.15, 0.2) is 38.0 Å². The summed E-state index contributed by atoms with van der Waals surface area (Å²) in [7, 11) is 0. The average molecular weight is 345 g/mol. The van der Waals surface area contributed by atoms with Crippen molar-refractivity contribution < 1.29 is 20.1 Å². The van der Waals surface area contributed by atoms with Crippen LogP contribution in [0.5, 0.6) is 0 Å². The first-order valence-electron chi connectivity index (χ1n) is 8.65. The van der Waals surface area contributed by atoms with E-state index in [4.69, 9.17) is 15.3 Å². The number of rotatable bonds is 9. The van der Waals surface area contributed by atoms with Crippen molar-refractivity contribution in [1.82, 2.24) is 0 Å². The number of allylic oxidation sites excluding steroid dienone is 2. The molecule has 0 saturated heterocycles. The number of carboxylic acid groups (broad SMARTS) is 1. The normalized spacial score (nSPS) is 10.9. The van der Waals surface area contributed by atoms with Gasteiger partial charge in [0.1, 0.15) is 0 Å². The summed E-state index contributed by atoms with van der Waals surface area (Å²) >= 11 is 0. The highest BCUT2D eigenvalue weighted by Crippen LogP contribution is 1.97. The average Bonchev–Trinajstić information content (AvgIpc) is 2.50. The Bertz CT molecular complexity index is 273. The smallest absolute Gasteiger partial charge is 0.303 e. The van der Waals surface area contributed by atoms with Crippen LogP contribution in [0.25, 0.3) is 0 Å². The molecule has 0 amide bonds. The Hall–Kier alpha value is -1.39. The summed E-state index contributed by atoms with van der Waals surface area (Å²) < 4.78 is 0. The van der Waals surface area contributed by atoms with Crippen molar-refractivity contribution in [2.45, 2.75) is 84.8 Å². The highest BCUT2D eigenvalue weighted by Gasteiger charge is 2.06. The SMILES string of the molecule is C=CC.C=CCCCCC.C=CC[C@@H](O)[C@@H](C)O.CCCC(=O)O. The van der Waals surface area contributed by atoms with Crippen molar-refractivity contribution in [3.8, 4) is 0 Å². The van der Waals surface area contributed by atoms with E-state index in [0.717, 1.165) is 6.42 Å². The standard InChI is InChI=1S/C7H14.C6H12O2.C4H8O2.C3H6/c1-3-5-7-6-4-2;1-3-4-6(8)5(2)7;1-2-3-4(5)6;1-3-2/h3H,1,4-7H2,2H3;3,5-8H,1,4H2,2H3;2-3H2,1H3,(H,5,6);3H,1H2,2H3/t;5-,6-;;/m.1../s1. The minimum Gasteiger partial charge on any atom is -0.481 e. The molecule has 0 aliphatic carbocycles. The molecule has 0 saturated carbocycles. The van der Waals surface area contributed by atoms with Gasteiger partial charge in [0, 0.05) is 6.42 Å². The first kappa shape index (κ1) is 30.5. The lowest BCUT2D eigenvalue weighted by atomic mass is 10.2. The third kappa shape index (κ3) is 49.8. The minimum atomic E-state index is -0.711. The summed E-state index contributed by atoms with van der Waals surface area (Å²) in [6, 6.07) is 0. The number of carbonyl (C=O) groups is 1. The summed E-state index contributed by atoms with van der Waals surface area (Å²) in [6.45, 7) is 17.9. The first-order chi connectivity index (χ1) is 11.3. The van der Waals surface area contributed by atoms with Gasteiger partial charge < -0.3 is 15.3 Å². The van der Waals surface area contributed by atoms with Crippen molar-refractivity contribution in [3.05, 3.63) is 38.0 Å². The number of aliphatic hydroxyl groups is 2. The summed E-state index contributed by atoms with van der Waals surface area (Å²) in [6.07, 6.45) is 10.7. The van der Waals surface area contributed by atoms with Gasteiger partial charge in [-0.15, -0.1) is 19.7 Å². The Labute approximate surface area is 149 Å². The minimum absolute atomic E-state index is 0.292. The van der Waals surface area contributed by atoms with E-state index >= 15 is 0 Å². The fourth-order valence-corrected chi connectivity index (χ4v) is 1.12. The third-order valence-electron chi connectivity index (χ3n) is 2.44. The lowest BCUT2D eigenvalue weighted by molar-refractivity contribution is -0.137. The number of aliphatic hydroxyl groups excluding tert-OH is 2. The predicted octanol–water partition coefficient (Wildman–Crippen LogP) is 5.12. The van der Waals surface area contributed by atoms with Gasteiger partial charge in [-0.2, -0.15) is 0 Å². The number of hydrogen-bond acceptors (Lipinski definition) is 3. The van der Waals surface area contributed by atoms with Gasteiger partial charge in [-0.3, -0.25) is 4.79 Å². The molecule has 0 bridgehead atoms. The van der Waals surface area contributed by atoms with Crippen molar-refractivity contribution >= 4 is 5.97 Å². The molecule has 24 heavy (non-hydrogen) atoms. The van der Waals surface area contributed by atoms with E-state index in [1.165, 1.54) is 25.7 Å². The van der Waals surface area contributed by atoms with Crippen molar-refractivity contribution in [2.24, 2.45) is 0 Å². The Morgan fingerprint density at radius 1 is 1.04 bits per heavy atom. The van der Waals surface area contributed by atoms with Crippen LogP contribution in [0.2, 0.25) is 0 Å². The van der Waals surface area contributed by atoms with Crippen LogP contribution >= 0.6 is 0 Å². The Kier molecular flexibility index (Phi) is 37.6. The monoisotopic (exact) mass is 344 g/mol. The second kappa shape index (κ2) is 29.6. The van der Waals surface area contributed by atoms with Crippen molar-refractivity contribution in [3.63, 3.8) is 0 Å². The van der Waals surface area contributed by atoms with Crippen molar-refractivity contribution in [1.29, 1.82) is 0 Å². The Morgan fingerprint density at radius 3 is 1.71 bits per heavy atom. The molecule has 0 aromatic rings. The van der Waals surface area contributed by atoms with Gasteiger partial charge in [0.15, 0.2) is 0 Å². The molecule has 0 fully saturated rings. The van der Waals surface area contributed by atoms with Crippen LogP contribution < -0.4 is 0 Å². The van der Waals surface area contributed by atoms with E-state index < -0.39 is 18.2 Å². The molecule has 0 aromatic carbocycles. The number of hydrogen-bond donors (Lipinski definition) is 3. The van der Waals surface area contributed by atoms with Crippen LogP contribution in [0.4, 0.5) is 0 Å². The molecule has 144 valence electrons. The zero-order valence-electron chi connectivity index (χ0n) is 16.2. The highest BCUT2D eigenvalue weighted by molar-refractivity contribution is 5.66. The summed E-state index contributed by atoms with van der Waals surface area (Å²) in [5, 5.41) is 25.4. The Morgan fingerprint density at radius 2 is 1.54 bits per heavy atom. The van der Waals surface area contributed by atoms with Gasteiger partial charge in [0.25, 0.3) is 0 Å². The maximum absolute atomic E-state index is 9.60. The molecular formula is C20H40O4. The number of aliphatic carboxylic acids is 1. The molecular weight excluding hydrogens is 304 g/mol. The molecule has 0 spiro atoms. The van der Waals surface area contributed by atoms with Gasteiger partial charge in [-0.25, -0.2) is 0 Å². The first-order valence-corrected chi connectivity index (χ1v) is 8.65. The largest absolute Gasteiger partial charge is 0.481 e. The van der Waals surface area contributed by atoms with E-state index in [0.29, 0.717) is 12.8 Å². The lowest BCUT2D eigenvalue weighted by Gasteiger charge is -2.09. The second-order valence-corrected chi connectivity index (χ2v) is 5.17. The van der Waals surface area contributed by atoms with E-state index in [-0.39, 0.29) is 0 Å². The fourth-order valence-electron chi connectivity index (χ4n) is 1.12.